The van der Waals surface area contributed by atoms with Crippen molar-refractivity contribution >= 4 is 11.6 Å². The number of anilines is 1. The first kappa shape index (κ1) is 11.6. The lowest BCUT2D eigenvalue weighted by atomic mass is 10.3. The first-order valence-corrected chi connectivity index (χ1v) is 5.18. The Balaban J connectivity index is 2.85. The van der Waals surface area contributed by atoms with E-state index in [0.29, 0.717) is 11.4 Å². The van der Waals surface area contributed by atoms with Crippen LogP contribution in [0.3, 0.4) is 0 Å². The van der Waals surface area contributed by atoms with Crippen LogP contribution in [0.1, 0.15) is 30.8 Å². The molecule has 0 bridgehead atoms. The summed E-state index contributed by atoms with van der Waals surface area (Å²) in [5.41, 5.74) is 6.52. The molecule has 0 aromatic carbocycles. The maximum Gasteiger partial charge on any atom is 0.276 e. The third-order valence-electron chi connectivity index (χ3n) is 2.22. The van der Waals surface area contributed by atoms with Crippen molar-refractivity contribution in [1.82, 2.24) is 14.7 Å². The van der Waals surface area contributed by atoms with E-state index in [-0.39, 0.29) is 5.91 Å². The van der Waals surface area contributed by atoms with Crippen LogP contribution in [-0.4, -0.2) is 34.2 Å². The molecule has 15 heavy (non-hydrogen) atoms. The summed E-state index contributed by atoms with van der Waals surface area (Å²) in [4.78, 5) is 13.5. The standard InChI is InChI=1S/C10H18N4O/c1-4-6-13(3)10(15)9-8(11)7-14(5-2)12-9/h7H,4-6,11H2,1-3H3. The van der Waals surface area contributed by atoms with Crippen molar-refractivity contribution in [3.8, 4) is 0 Å². The van der Waals surface area contributed by atoms with Gasteiger partial charge in [0.25, 0.3) is 5.91 Å². The van der Waals surface area contributed by atoms with Crippen LogP contribution in [0.15, 0.2) is 6.20 Å². The van der Waals surface area contributed by atoms with Gasteiger partial charge in [0.05, 0.1) is 5.69 Å². The van der Waals surface area contributed by atoms with Gasteiger partial charge in [-0.15, -0.1) is 0 Å². The average molecular weight is 210 g/mol. The van der Waals surface area contributed by atoms with Gasteiger partial charge in [-0.1, -0.05) is 6.92 Å². The van der Waals surface area contributed by atoms with Gasteiger partial charge in [0.2, 0.25) is 0 Å². The highest BCUT2D eigenvalue weighted by Crippen LogP contribution is 2.11. The summed E-state index contributed by atoms with van der Waals surface area (Å²) in [5.74, 6) is -0.110. The van der Waals surface area contributed by atoms with E-state index in [1.165, 1.54) is 0 Å². The number of aryl methyl sites for hydroxylation is 1. The number of carbonyl (C=O) groups is 1. The van der Waals surface area contributed by atoms with Crippen molar-refractivity contribution in [2.75, 3.05) is 19.3 Å². The highest BCUT2D eigenvalue weighted by molar-refractivity contribution is 5.96. The van der Waals surface area contributed by atoms with Gasteiger partial charge in [0.1, 0.15) is 0 Å². The fraction of sp³-hybridized carbons (Fsp3) is 0.600. The highest BCUT2D eigenvalue weighted by atomic mass is 16.2. The molecule has 1 aromatic rings. The number of amides is 1. The second-order valence-electron chi connectivity index (χ2n) is 3.52. The molecule has 5 nitrogen and oxygen atoms in total. The topological polar surface area (TPSA) is 64.2 Å². The van der Waals surface area contributed by atoms with Gasteiger partial charge in [0.15, 0.2) is 5.69 Å². The number of nitrogens with two attached hydrogens (primary N) is 1. The molecular formula is C10H18N4O. The lowest BCUT2D eigenvalue weighted by Crippen LogP contribution is -2.28. The third-order valence-corrected chi connectivity index (χ3v) is 2.22. The molecule has 0 fully saturated rings. The van der Waals surface area contributed by atoms with Gasteiger partial charge >= 0.3 is 0 Å². The Morgan fingerprint density at radius 2 is 2.27 bits per heavy atom. The molecule has 1 rings (SSSR count). The lowest BCUT2D eigenvalue weighted by Gasteiger charge is -2.14. The summed E-state index contributed by atoms with van der Waals surface area (Å²) >= 11 is 0. The van der Waals surface area contributed by atoms with E-state index in [2.05, 4.69) is 5.10 Å². The Bertz CT molecular complexity index is 345. The first-order chi connectivity index (χ1) is 7.10. The van der Waals surface area contributed by atoms with Crippen molar-refractivity contribution in [2.24, 2.45) is 0 Å². The van der Waals surface area contributed by atoms with E-state index in [9.17, 15) is 4.79 Å². The minimum atomic E-state index is -0.110. The van der Waals surface area contributed by atoms with Crippen LogP contribution in [0.4, 0.5) is 5.69 Å². The maximum atomic E-state index is 11.9. The summed E-state index contributed by atoms with van der Waals surface area (Å²) in [5, 5.41) is 4.13. The zero-order chi connectivity index (χ0) is 11.4. The lowest BCUT2D eigenvalue weighted by molar-refractivity contribution is 0.0789. The van der Waals surface area contributed by atoms with E-state index in [0.717, 1.165) is 19.5 Å². The van der Waals surface area contributed by atoms with E-state index in [1.807, 2.05) is 13.8 Å². The average Bonchev–Trinajstić information content (AvgIpc) is 2.59. The van der Waals surface area contributed by atoms with Gasteiger partial charge in [-0.05, 0) is 13.3 Å². The number of hydrogen-bond donors (Lipinski definition) is 1. The Labute approximate surface area is 89.9 Å². The van der Waals surface area contributed by atoms with Gasteiger partial charge in [-0.25, -0.2) is 0 Å². The van der Waals surface area contributed by atoms with Gasteiger partial charge in [0, 0.05) is 26.3 Å². The molecule has 0 saturated carbocycles. The zero-order valence-corrected chi connectivity index (χ0v) is 9.53. The normalized spacial score (nSPS) is 10.3. The number of hydrogen-bond acceptors (Lipinski definition) is 3. The van der Waals surface area contributed by atoms with Gasteiger partial charge in [-0.2, -0.15) is 5.10 Å². The molecule has 0 aliphatic carbocycles. The quantitative estimate of drug-likeness (QED) is 0.805. The molecule has 0 spiro atoms. The molecule has 2 N–H and O–H groups in total. The number of aromatic nitrogens is 2. The van der Waals surface area contributed by atoms with Gasteiger partial charge in [-0.3, -0.25) is 9.48 Å². The number of nitrogens with zero attached hydrogens (tertiary/aromatic N) is 3. The fourth-order valence-corrected chi connectivity index (χ4v) is 1.38. The third kappa shape index (κ3) is 2.49. The van der Waals surface area contributed by atoms with Crippen LogP contribution < -0.4 is 5.73 Å². The minimum absolute atomic E-state index is 0.110. The molecule has 1 heterocycles. The smallest absolute Gasteiger partial charge is 0.276 e. The molecule has 1 aromatic heterocycles. The first-order valence-electron chi connectivity index (χ1n) is 5.18. The Kier molecular flexibility index (Phi) is 3.71. The van der Waals surface area contributed by atoms with Crippen molar-refractivity contribution in [1.29, 1.82) is 0 Å². The number of rotatable bonds is 4. The zero-order valence-electron chi connectivity index (χ0n) is 9.53. The molecule has 0 radical (unpaired) electrons. The molecule has 0 unspecified atom stereocenters. The summed E-state index contributed by atoms with van der Waals surface area (Å²) in [6.45, 7) is 5.42. The minimum Gasteiger partial charge on any atom is -0.396 e. The highest BCUT2D eigenvalue weighted by Gasteiger charge is 2.17. The van der Waals surface area contributed by atoms with Crippen LogP contribution in [0, 0.1) is 0 Å². The van der Waals surface area contributed by atoms with Crippen LogP contribution >= 0.6 is 0 Å². The predicted octanol–water partition coefficient (Wildman–Crippen LogP) is 0.967. The molecule has 5 heteroatoms. The maximum absolute atomic E-state index is 11.9. The van der Waals surface area contributed by atoms with E-state index in [1.54, 1.807) is 22.8 Å². The number of carbonyl (C=O) groups excluding carboxylic acids is 1. The van der Waals surface area contributed by atoms with E-state index >= 15 is 0 Å². The molecule has 0 atom stereocenters. The summed E-state index contributed by atoms with van der Waals surface area (Å²) in [6, 6.07) is 0. The molecule has 84 valence electrons. The molecule has 1 amide bonds. The fourth-order valence-electron chi connectivity index (χ4n) is 1.38. The van der Waals surface area contributed by atoms with Crippen molar-refractivity contribution < 1.29 is 4.79 Å². The SMILES string of the molecule is CCCN(C)C(=O)c1nn(CC)cc1N. The predicted molar refractivity (Wildman–Crippen MR) is 59.6 cm³/mol. The second-order valence-corrected chi connectivity index (χ2v) is 3.52. The Hall–Kier alpha value is -1.52. The molecule has 0 aliphatic heterocycles. The Morgan fingerprint density at radius 3 is 2.73 bits per heavy atom. The van der Waals surface area contributed by atoms with Crippen LogP contribution in [0.2, 0.25) is 0 Å². The van der Waals surface area contributed by atoms with E-state index < -0.39 is 0 Å². The van der Waals surface area contributed by atoms with E-state index in [4.69, 9.17) is 5.73 Å². The molecule has 0 aliphatic rings. The summed E-state index contributed by atoms with van der Waals surface area (Å²) < 4.78 is 1.67. The Morgan fingerprint density at radius 1 is 1.60 bits per heavy atom. The van der Waals surface area contributed by atoms with Crippen molar-refractivity contribution in [2.45, 2.75) is 26.8 Å². The largest absolute Gasteiger partial charge is 0.396 e. The molecular weight excluding hydrogens is 192 g/mol. The number of nitrogen functional groups attached to an aromatic ring is 1. The van der Waals surface area contributed by atoms with Crippen molar-refractivity contribution in [3.05, 3.63) is 11.9 Å². The van der Waals surface area contributed by atoms with Crippen LogP contribution in [0.25, 0.3) is 0 Å². The second kappa shape index (κ2) is 4.82. The van der Waals surface area contributed by atoms with Crippen LogP contribution in [-0.2, 0) is 6.54 Å². The van der Waals surface area contributed by atoms with Gasteiger partial charge < -0.3 is 10.6 Å². The summed E-state index contributed by atoms with van der Waals surface area (Å²) in [6.07, 6.45) is 2.61. The van der Waals surface area contributed by atoms with Crippen LogP contribution in [0.5, 0.6) is 0 Å². The summed E-state index contributed by atoms with van der Waals surface area (Å²) in [7, 11) is 1.76. The van der Waals surface area contributed by atoms with Crippen molar-refractivity contribution in [3.63, 3.8) is 0 Å². The monoisotopic (exact) mass is 210 g/mol. The molecule has 0 saturated heterocycles.